The first-order valence-electron chi connectivity index (χ1n) is 5.10. The van der Waals surface area contributed by atoms with Crippen LogP contribution in [0, 0.1) is 0 Å². The summed E-state index contributed by atoms with van der Waals surface area (Å²) in [6, 6.07) is 2.85. The number of nitrogens with zero attached hydrogens (tertiary/aromatic N) is 2. The Morgan fingerprint density at radius 1 is 1.39 bits per heavy atom. The van der Waals surface area contributed by atoms with Crippen LogP contribution in [0.4, 0.5) is 0 Å². The Bertz CT molecular complexity index is 540. The largest absolute Gasteiger partial charge is 0.349 e. The zero-order chi connectivity index (χ0) is 14.0. The fraction of sp³-hybridized carbons (Fsp3) is 0.500. The SMILES string of the molecule is CC(C)(CNC(=O)c1ccc(Cl)nn1)S(C)(=O)=O. The lowest BCUT2D eigenvalue weighted by Crippen LogP contribution is -2.43. The van der Waals surface area contributed by atoms with Gasteiger partial charge in [-0.05, 0) is 26.0 Å². The monoisotopic (exact) mass is 291 g/mol. The van der Waals surface area contributed by atoms with E-state index in [2.05, 4.69) is 15.5 Å². The van der Waals surface area contributed by atoms with Crippen LogP contribution in [0.15, 0.2) is 12.1 Å². The molecule has 1 amide bonds. The molecular weight excluding hydrogens is 278 g/mol. The van der Waals surface area contributed by atoms with Crippen LogP contribution in [0.25, 0.3) is 0 Å². The molecule has 100 valence electrons. The van der Waals surface area contributed by atoms with Crippen LogP contribution in [0.2, 0.25) is 5.15 Å². The summed E-state index contributed by atoms with van der Waals surface area (Å²) in [6.45, 7) is 3.07. The van der Waals surface area contributed by atoms with Gasteiger partial charge in [0, 0.05) is 12.8 Å². The lowest BCUT2D eigenvalue weighted by atomic mass is 10.2. The molecule has 18 heavy (non-hydrogen) atoms. The first-order valence-corrected chi connectivity index (χ1v) is 7.37. The highest BCUT2D eigenvalue weighted by Crippen LogP contribution is 2.13. The molecule has 0 radical (unpaired) electrons. The standard InChI is InChI=1S/C10H14ClN3O3S/c1-10(2,18(3,16)17)6-12-9(15)7-4-5-8(11)14-13-7/h4-5H,6H2,1-3H3,(H,12,15). The van der Waals surface area contributed by atoms with Crippen molar-refractivity contribution in [1.82, 2.24) is 15.5 Å². The highest BCUT2D eigenvalue weighted by molar-refractivity contribution is 7.92. The lowest BCUT2D eigenvalue weighted by molar-refractivity contribution is 0.0944. The number of carbonyl (C=O) groups excluding carboxylic acids is 1. The Morgan fingerprint density at radius 2 is 2.00 bits per heavy atom. The minimum absolute atomic E-state index is 0.00499. The topological polar surface area (TPSA) is 89.0 Å². The van der Waals surface area contributed by atoms with Gasteiger partial charge < -0.3 is 5.32 Å². The molecule has 0 aliphatic heterocycles. The van der Waals surface area contributed by atoms with Gasteiger partial charge in [-0.3, -0.25) is 4.79 Å². The number of halogens is 1. The van der Waals surface area contributed by atoms with Crippen LogP contribution in [0.1, 0.15) is 24.3 Å². The van der Waals surface area contributed by atoms with E-state index in [1.807, 2.05) is 0 Å². The van der Waals surface area contributed by atoms with Crippen molar-refractivity contribution in [2.75, 3.05) is 12.8 Å². The van der Waals surface area contributed by atoms with Gasteiger partial charge in [-0.15, -0.1) is 10.2 Å². The van der Waals surface area contributed by atoms with E-state index in [-0.39, 0.29) is 17.4 Å². The second kappa shape index (κ2) is 5.19. The molecule has 0 fully saturated rings. The number of amides is 1. The number of nitrogens with one attached hydrogen (secondary N) is 1. The van der Waals surface area contributed by atoms with Crippen molar-refractivity contribution in [3.63, 3.8) is 0 Å². The second-order valence-electron chi connectivity index (χ2n) is 4.46. The fourth-order valence-corrected chi connectivity index (χ4v) is 1.39. The summed E-state index contributed by atoms with van der Waals surface area (Å²) in [5.74, 6) is -0.490. The Hall–Kier alpha value is -1.21. The van der Waals surface area contributed by atoms with E-state index >= 15 is 0 Å². The first kappa shape index (κ1) is 14.8. The van der Waals surface area contributed by atoms with Crippen molar-refractivity contribution < 1.29 is 13.2 Å². The average molecular weight is 292 g/mol. The minimum Gasteiger partial charge on any atom is -0.349 e. The van der Waals surface area contributed by atoms with Crippen molar-refractivity contribution in [2.24, 2.45) is 0 Å². The predicted molar refractivity (Wildman–Crippen MR) is 68.3 cm³/mol. The van der Waals surface area contributed by atoms with Crippen LogP contribution in [-0.4, -0.2) is 42.1 Å². The number of aromatic nitrogens is 2. The van der Waals surface area contributed by atoms with E-state index in [4.69, 9.17) is 11.6 Å². The Kier molecular flexibility index (Phi) is 4.28. The minimum atomic E-state index is -3.26. The van der Waals surface area contributed by atoms with Gasteiger partial charge >= 0.3 is 0 Å². The van der Waals surface area contributed by atoms with Crippen LogP contribution in [-0.2, 0) is 9.84 Å². The maximum absolute atomic E-state index is 11.7. The lowest BCUT2D eigenvalue weighted by Gasteiger charge is -2.22. The fourth-order valence-electron chi connectivity index (χ4n) is 0.952. The molecule has 1 rings (SSSR count). The molecule has 0 saturated heterocycles. The van der Waals surface area contributed by atoms with Crippen molar-refractivity contribution in [3.05, 3.63) is 23.0 Å². The molecule has 0 unspecified atom stereocenters. The molecule has 1 aromatic rings. The van der Waals surface area contributed by atoms with Crippen LogP contribution >= 0.6 is 11.6 Å². The number of rotatable bonds is 4. The van der Waals surface area contributed by atoms with E-state index in [1.54, 1.807) is 0 Å². The van der Waals surface area contributed by atoms with Gasteiger partial charge in [0.05, 0.1) is 4.75 Å². The van der Waals surface area contributed by atoms with Gasteiger partial charge in [-0.1, -0.05) is 11.6 Å². The molecule has 1 aromatic heterocycles. The third-order valence-corrected chi connectivity index (χ3v) is 4.90. The summed E-state index contributed by atoms with van der Waals surface area (Å²) in [5, 5.41) is 9.81. The van der Waals surface area contributed by atoms with E-state index in [0.29, 0.717) is 0 Å². The van der Waals surface area contributed by atoms with Gasteiger partial charge in [0.25, 0.3) is 5.91 Å². The van der Waals surface area contributed by atoms with E-state index in [0.717, 1.165) is 6.26 Å². The summed E-state index contributed by atoms with van der Waals surface area (Å²) < 4.78 is 21.9. The van der Waals surface area contributed by atoms with E-state index in [9.17, 15) is 13.2 Å². The maximum Gasteiger partial charge on any atom is 0.271 e. The Balaban J connectivity index is 2.70. The molecule has 1 N–H and O–H groups in total. The molecule has 0 bridgehead atoms. The third kappa shape index (κ3) is 3.64. The zero-order valence-corrected chi connectivity index (χ0v) is 11.8. The summed E-state index contributed by atoms with van der Waals surface area (Å²) in [5.41, 5.74) is 0.0868. The van der Waals surface area contributed by atoms with Gasteiger partial charge in [0.2, 0.25) is 0 Å². The number of sulfone groups is 1. The molecule has 1 heterocycles. The molecular formula is C10H14ClN3O3S. The van der Waals surface area contributed by atoms with Crippen molar-refractivity contribution in [2.45, 2.75) is 18.6 Å². The van der Waals surface area contributed by atoms with Crippen LogP contribution in [0.5, 0.6) is 0 Å². The molecule has 0 spiro atoms. The van der Waals surface area contributed by atoms with Crippen LogP contribution < -0.4 is 5.32 Å². The molecule has 0 aliphatic carbocycles. The second-order valence-corrected chi connectivity index (χ2v) is 7.49. The van der Waals surface area contributed by atoms with E-state index in [1.165, 1.54) is 26.0 Å². The van der Waals surface area contributed by atoms with Crippen molar-refractivity contribution in [3.8, 4) is 0 Å². The van der Waals surface area contributed by atoms with Crippen LogP contribution in [0.3, 0.4) is 0 Å². The van der Waals surface area contributed by atoms with E-state index < -0.39 is 20.5 Å². The summed E-state index contributed by atoms with van der Waals surface area (Å²) >= 11 is 5.54. The highest BCUT2D eigenvalue weighted by Gasteiger charge is 2.30. The zero-order valence-electron chi connectivity index (χ0n) is 10.3. The smallest absolute Gasteiger partial charge is 0.271 e. The van der Waals surface area contributed by atoms with Gasteiger partial charge in [0.1, 0.15) is 0 Å². The maximum atomic E-state index is 11.7. The third-order valence-electron chi connectivity index (χ3n) is 2.54. The normalized spacial score (nSPS) is 12.2. The summed E-state index contributed by atoms with van der Waals surface area (Å²) in [4.78, 5) is 11.7. The molecule has 6 nitrogen and oxygen atoms in total. The highest BCUT2D eigenvalue weighted by atomic mass is 35.5. The Labute approximate surface area is 111 Å². The Morgan fingerprint density at radius 3 is 2.44 bits per heavy atom. The molecule has 0 aliphatic rings. The molecule has 0 saturated carbocycles. The number of hydrogen-bond donors (Lipinski definition) is 1. The predicted octanol–water partition coefficient (Wildman–Crippen LogP) is 0.683. The van der Waals surface area contributed by atoms with Crippen molar-refractivity contribution >= 4 is 27.3 Å². The number of hydrogen-bond acceptors (Lipinski definition) is 5. The first-order chi connectivity index (χ1) is 8.13. The summed E-state index contributed by atoms with van der Waals surface area (Å²) in [6.07, 6.45) is 1.13. The molecule has 0 aromatic carbocycles. The number of carbonyl (C=O) groups is 1. The van der Waals surface area contributed by atoms with Gasteiger partial charge in [-0.2, -0.15) is 0 Å². The van der Waals surface area contributed by atoms with Crippen molar-refractivity contribution in [1.29, 1.82) is 0 Å². The van der Waals surface area contributed by atoms with Gasteiger partial charge in [0.15, 0.2) is 20.7 Å². The summed E-state index contributed by atoms with van der Waals surface area (Å²) in [7, 11) is -3.26. The van der Waals surface area contributed by atoms with Gasteiger partial charge in [-0.25, -0.2) is 8.42 Å². The molecule has 0 atom stereocenters. The quantitative estimate of drug-likeness (QED) is 0.881. The molecule has 8 heteroatoms. The average Bonchev–Trinajstić information content (AvgIpc) is 2.25.